The van der Waals surface area contributed by atoms with Gasteiger partial charge in [-0.05, 0) is 56.6 Å². The van der Waals surface area contributed by atoms with Crippen LogP contribution >= 0.6 is 0 Å². The molecular formula is C17H26F2N2O2. The number of nitrogens with one attached hydrogen (secondary N) is 1. The monoisotopic (exact) mass is 328 g/mol. The quantitative estimate of drug-likeness (QED) is 0.755. The number of likely N-dealkylation sites (tertiary alicyclic amines) is 1. The molecule has 1 aromatic carbocycles. The van der Waals surface area contributed by atoms with Gasteiger partial charge in [0.15, 0.2) is 11.5 Å². The largest absolute Gasteiger partial charge is 0.490 e. The number of benzene rings is 1. The Morgan fingerprint density at radius 3 is 2.78 bits per heavy atom. The van der Waals surface area contributed by atoms with Crippen LogP contribution in [0.25, 0.3) is 0 Å². The number of alkyl halides is 2. The van der Waals surface area contributed by atoms with E-state index in [2.05, 4.69) is 21.9 Å². The van der Waals surface area contributed by atoms with Crippen molar-refractivity contribution in [2.75, 3.05) is 32.8 Å². The maximum atomic E-state index is 12.4. The zero-order chi connectivity index (χ0) is 16.7. The summed E-state index contributed by atoms with van der Waals surface area (Å²) in [4.78, 5) is 2.45. The molecule has 23 heavy (non-hydrogen) atoms. The fraction of sp³-hybridized carbons (Fsp3) is 0.647. The van der Waals surface area contributed by atoms with Crippen LogP contribution in [0.4, 0.5) is 8.78 Å². The van der Waals surface area contributed by atoms with E-state index >= 15 is 0 Å². The van der Waals surface area contributed by atoms with E-state index in [0.717, 1.165) is 25.2 Å². The van der Waals surface area contributed by atoms with E-state index in [1.54, 1.807) is 18.2 Å². The highest BCUT2D eigenvalue weighted by Crippen LogP contribution is 2.29. The fourth-order valence-electron chi connectivity index (χ4n) is 2.91. The third-order valence-corrected chi connectivity index (χ3v) is 4.10. The number of ether oxygens (including phenoxy) is 2. The highest BCUT2D eigenvalue weighted by molar-refractivity contribution is 5.43. The smallest absolute Gasteiger partial charge is 0.387 e. The minimum atomic E-state index is -2.85. The highest BCUT2D eigenvalue weighted by Gasteiger charge is 2.20. The van der Waals surface area contributed by atoms with Crippen molar-refractivity contribution in [3.8, 4) is 11.5 Å². The van der Waals surface area contributed by atoms with Gasteiger partial charge in [-0.15, -0.1) is 0 Å². The van der Waals surface area contributed by atoms with Gasteiger partial charge in [0.1, 0.15) is 0 Å². The van der Waals surface area contributed by atoms with Gasteiger partial charge in [-0.1, -0.05) is 13.0 Å². The molecule has 0 amide bonds. The van der Waals surface area contributed by atoms with Crippen molar-refractivity contribution in [3.05, 3.63) is 23.8 Å². The van der Waals surface area contributed by atoms with Crippen LogP contribution in [0.5, 0.6) is 11.5 Å². The molecule has 2 rings (SSSR count). The summed E-state index contributed by atoms with van der Waals surface area (Å²) in [6, 6.07) is 5.10. The first-order chi connectivity index (χ1) is 11.1. The molecule has 0 saturated carbocycles. The second-order valence-corrected chi connectivity index (χ2v) is 5.77. The van der Waals surface area contributed by atoms with Crippen molar-refractivity contribution < 1.29 is 18.3 Å². The van der Waals surface area contributed by atoms with E-state index in [0.29, 0.717) is 24.8 Å². The normalized spacial score (nSPS) is 18.6. The van der Waals surface area contributed by atoms with Gasteiger partial charge in [0.25, 0.3) is 0 Å². The molecule has 0 aromatic heterocycles. The molecule has 0 spiro atoms. The molecule has 1 saturated heterocycles. The predicted molar refractivity (Wildman–Crippen MR) is 86.2 cm³/mol. The third-order valence-electron chi connectivity index (χ3n) is 4.10. The Kier molecular flexibility index (Phi) is 7.05. The lowest BCUT2D eigenvalue weighted by Crippen LogP contribution is -2.26. The molecule has 0 bridgehead atoms. The first-order valence-electron chi connectivity index (χ1n) is 8.26. The van der Waals surface area contributed by atoms with Crippen molar-refractivity contribution in [1.82, 2.24) is 10.2 Å². The van der Waals surface area contributed by atoms with Crippen LogP contribution < -0.4 is 14.8 Å². The number of rotatable bonds is 9. The van der Waals surface area contributed by atoms with E-state index in [1.807, 2.05) is 6.92 Å². The van der Waals surface area contributed by atoms with Crippen LogP contribution in [-0.2, 0) is 6.54 Å². The Labute approximate surface area is 136 Å². The Morgan fingerprint density at radius 1 is 1.30 bits per heavy atom. The summed E-state index contributed by atoms with van der Waals surface area (Å²) in [7, 11) is 0. The topological polar surface area (TPSA) is 33.7 Å². The van der Waals surface area contributed by atoms with E-state index in [4.69, 9.17) is 4.74 Å². The van der Waals surface area contributed by atoms with Crippen LogP contribution in [0.1, 0.15) is 25.8 Å². The van der Waals surface area contributed by atoms with Crippen LogP contribution in [0.15, 0.2) is 18.2 Å². The van der Waals surface area contributed by atoms with E-state index < -0.39 is 6.61 Å². The summed E-state index contributed by atoms with van der Waals surface area (Å²) in [5.74, 6) is 1.13. The third kappa shape index (κ3) is 5.62. The van der Waals surface area contributed by atoms with Gasteiger partial charge in [0.05, 0.1) is 6.61 Å². The summed E-state index contributed by atoms with van der Waals surface area (Å²) in [5, 5.41) is 3.45. The van der Waals surface area contributed by atoms with Crippen molar-refractivity contribution in [2.24, 2.45) is 5.92 Å². The van der Waals surface area contributed by atoms with Crippen LogP contribution in [-0.4, -0.2) is 44.3 Å². The van der Waals surface area contributed by atoms with Gasteiger partial charge in [-0.25, -0.2) is 0 Å². The van der Waals surface area contributed by atoms with Crippen LogP contribution in [0.3, 0.4) is 0 Å². The Hall–Kier alpha value is -1.40. The molecule has 1 N–H and O–H groups in total. The first kappa shape index (κ1) is 17.9. The summed E-state index contributed by atoms with van der Waals surface area (Å²) in [6.07, 6.45) is 1.23. The van der Waals surface area contributed by atoms with Crippen molar-refractivity contribution in [1.29, 1.82) is 0 Å². The summed E-state index contributed by atoms with van der Waals surface area (Å²) < 4.78 is 34.6. The Bertz CT molecular complexity index is 486. The molecule has 1 unspecified atom stereocenters. The molecule has 1 aliphatic heterocycles. The van der Waals surface area contributed by atoms with Gasteiger partial charge in [0.2, 0.25) is 0 Å². The van der Waals surface area contributed by atoms with E-state index in [1.165, 1.54) is 13.0 Å². The molecule has 130 valence electrons. The number of halogens is 2. The lowest BCUT2D eigenvalue weighted by Gasteiger charge is -2.15. The minimum absolute atomic E-state index is 0.0833. The molecule has 1 atom stereocenters. The molecule has 0 radical (unpaired) electrons. The SMILES string of the molecule is CCOc1cc(CNCC2CCN(CC)C2)ccc1OC(F)F. The van der Waals surface area contributed by atoms with E-state index in [9.17, 15) is 8.78 Å². The zero-order valence-electron chi connectivity index (χ0n) is 13.9. The second-order valence-electron chi connectivity index (χ2n) is 5.77. The molecule has 0 aliphatic carbocycles. The lowest BCUT2D eigenvalue weighted by atomic mass is 10.1. The van der Waals surface area contributed by atoms with Gasteiger partial charge in [-0.3, -0.25) is 0 Å². The molecule has 6 heteroatoms. The minimum Gasteiger partial charge on any atom is -0.490 e. The van der Waals surface area contributed by atoms with Crippen LogP contribution in [0.2, 0.25) is 0 Å². The Morgan fingerprint density at radius 2 is 2.13 bits per heavy atom. The second kappa shape index (κ2) is 9.03. The predicted octanol–water partition coefficient (Wildman–Crippen LogP) is 3.12. The number of hydrogen-bond acceptors (Lipinski definition) is 4. The Balaban J connectivity index is 1.86. The zero-order valence-corrected chi connectivity index (χ0v) is 13.9. The van der Waals surface area contributed by atoms with Crippen molar-refractivity contribution in [2.45, 2.75) is 33.4 Å². The maximum absolute atomic E-state index is 12.4. The van der Waals surface area contributed by atoms with Gasteiger partial charge in [-0.2, -0.15) is 8.78 Å². The van der Waals surface area contributed by atoms with Crippen LogP contribution in [0, 0.1) is 5.92 Å². The number of hydrogen-bond donors (Lipinski definition) is 1. The molecule has 1 aliphatic rings. The molecule has 1 heterocycles. The lowest BCUT2D eigenvalue weighted by molar-refractivity contribution is -0.0514. The van der Waals surface area contributed by atoms with Gasteiger partial charge >= 0.3 is 6.61 Å². The van der Waals surface area contributed by atoms with Gasteiger partial charge < -0.3 is 19.7 Å². The summed E-state index contributed by atoms with van der Waals surface area (Å²) in [6.45, 7) is 6.66. The van der Waals surface area contributed by atoms with Crippen molar-refractivity contribution in [3.63, 3.8) is 0 Å². The molecule has 4 nitrogen and oxygen atoms in total. The first-order valence-corrected chi connectivity index (χ1v) is 8.26. The van der Waals surface area contributed by atoms with Crippen molar-refractivity contribution >= 4 is 0 Å². The average molecular weight is 328 g/mol. The highest BCUT2D eigenvalue weighted by atomic mass is 19.3. The number of nitrogens with zero attached hydrogens (tertiary/aromatic N) is 1. The molecule has 1 fully saturated rings. The fourth-order valence-corrected chi connectivity index (χ4v) is 2.91. The maximum Gasteiger partial charge on any atom is 0.387 e. The summed E-state index contributed by atoms with van der Waals surface area (Å²) >= 11 is 0. The standard InChI is InChI=1S/C17H26F2N2O2/c1-3-21-8-7-14(12-21)11-20-10-13-5-6-15(23-17(18)19)16(9-13)22-4-2/h5-6,9,14,17,20H,3-4,7-8,10-12H2,1-2H3. The molecule has 1 aromatic rings. The molecular weight excluding hydrogens is 302 g/mol. The summed E-state index contributed by atoms with van der Waals surface area (Å²) in [5.41, 5.74) is 1.00. The van der Waals surface area contributed by atoms with E-state index in [-0.39, 0.29) is 5.75 Å². The average Bonchev–Trinajstić information content (AvgIpc) is 2.97. The van der Waals surface area contributed by atoms with Gasteiger partial charge in [0, 0.05) is 13.1 Å².